The van der Waals surface area contributed by atoms with E-state index in [-0.39, 0.29) is 11.5 Å². The molecule has 0 spiro atoms. The van der Waals surface area contributed by atoms with E-state index in [1.165, 1.54) is 0 Å². The highest BCUT2D eigenvalue weighted by Gasteiger charge is 2.36. The van der Waals surface area contributed by atoms with E-state index in [9.17, 15) is 18.0 Å². The monoisotopic (exact) mass is 439 g/mol. The van der Waals surface area contributed by atoms with Crippen LogP contribution in [0.5, 0.6) is 0 Å². The second-order valence-electron chi connectivity index (χ2n) is 7.45. The van der Waals surface area contributed by atoms with E-state index in [0.29, 0.717) is 22.2 Å². The molecule has 2 aromatic carbocycles. The molecule has 6 nitrogen and oxygen atoms in total. The van der Waals surface area contributed by atoms with Crippen LogP contribution in [0.2, 0.25) is 0 Å². The molecule has 0 saturated carbocycles. The summed E-state index contributed by atoms with van der Waals surface area (Å²) >= 11 is 0. The lowest BCUT2D eigenvalue weighted by Gasteiger charge is -2.11. The first-order valence-corrected chi connectivity index (χ1v) is 9.99. The Balaban J connectivity index is 1.79. The number of hydrogen-bond donors (Lipinski definition) is 1. The van der Waals surface area contributed by atoms with E-state index in [4.69, 9.17) is 0 Å². The number of benzene rings is 2. The topological polar surface area (TPSA) is 72.2 Å². The van der Waals surface area contributed by atoms with Gasteiger partial charge in [-0.3, -0.25) is 4.79 Å². The molecule has 2 aromatic heterocycles. The highest BCUT2D eigenvalue weighted by Crippen LogP contribution is 2.32. The van der Waals surface area contributed by atoms with Gasteiger partial charge in [0.15, 0.2) is 5.69 Å². The number of nitrogens with one attached hydrogen (secondary N) is 1. The fourth-order valence-electron chi connectivity index (χ4n) is 3.41. The van der Waals surface area contributed by atoms with Gasteiger partial charge >= 0.3 is 6.18 Å². The minimum absolute atomic E-state index is 0.0938. The standard InChI is InChI=1S/C23H20F3N5O/c1-4-15-7-5-6-14(3)19(15)28-21(32)20-29-22-27-17(16-10-8-13(2)9-11-16)12-18(23(24,25)26)31(22)30-20/h5-12H,4H2,1-3H3,(H,28,32). The average molecular weight is 439 g/mol. The van der Waals surface area contributed by atoms with Crippen LogP contribution in [0.3, 0.4) is 0 Å². The summed E-state index contributed by atoms with van der Waals surface area (Å²) < 4.78 is 41.9. The van der Waals surface area contributed by atoms with E-state index in [2.05, 4.69) is 20.4 Å². The number of halogens is 3. The number of para-hydroxylation sites is 1. The van der Waals surface area contributed by atoms with Crippen LogP contribution < -0.4 is 5.32 Å². The number of aromatic nitrogens is 4. The zero-order valence-corrected chi connectivity index (χ0v) is 17.7. The number of nitrogens with zero attached hydrogens (tertiary/aromatic N) is 4. The van der Waals surface area contributed by atoms with Crippen molar-refractivity contribution < 1.29 is 18.0 Å². The molecule has 32 heavy (non-hydrogen) atoms. The SMILES string of the molecule is CCc1cccc(C)c1NC(=O)c1nc2nc(-c3ccc(C)cc3)cc(C(F)(F)F)n2n1. The van der Waals surface area contributed by atoms with Crippen molar-refractivity contribution in [1.82, 2.24) is 19.6 Å². The molecule has 0 aliphatic carbocycles. The zero-order valence-electron chi connectivity index (χ0n) is 17.7. The Morgan fingerprint density at radius 1 is 1.06 bits per heavy atom. The van der Waals surface area contributed by atoms with E-state index < -0.39 is 23.6 Å². The van der Waals surface area contributed by atoms with Gasteiger partial charge in [-0.05, 0) is 37.5 Å². The molecule has 0 aliphatic rings. The van der Waals surface area contributed by atoms with Crippen LogP contribution in [-0.4, -0.2) is 25.5 Å². The summed E-state index contributed by atoms with van der Waals surface area (Å²) in [4.78, 5) is 21.0. The minimum atomic E-state index is -4.71. The maximum absolute atomic E-state index is 13.8. The van der Waals surface area contributed by atoms with Crippen LogP contribution in [0.4, 0.5) is 18.9 Å². The Hall–Kier alpha value is -3.75. The lowest BCUT2D eigenvalue weighted by molar-refractivity contribution is -0.142. The van der Waals surface area contributed by atoms with E-state index in [0.717, 1.165) is 22.8 Å². The Morgan fingerprint density at radius 3 is 2.44 bits per heavy atom. The molecule has 1 amide bonds. The van der Waals surface area contributed by atoms with Crippen LogP contribution in [-0.2, 0) is 12.6 Å². The number of hydrogen-bond acceptors (Lipinski definition) is 4. The summed E-state index contributed by atoms with van der Waals surface area (Å²) in [5, 5.41) is 6.55. The molecular weight excluding hydrogens is 419 g/mol. The van der Waals surface area contributed by atoms with Gasteiger partial charge in [0.05, 0.1) is 5.69 Å². The van der Waals surface area contributed by atoms with Crippen LogP contribution in [0.15, 0.2) is 48.5 Å². The van der Waals surface area contributed by atoms with Crippen molar-refractivity contribution in [3.8, 4) is 11.3 Å². The first-order chi connectivity index (χ1) is 15.2. The number of amides is 1. The van der Waals surface area contributed by atoms with Crippen LogP contribution in [0, 0.1) is 13.8 Å². The third-order valence-electron chi connectivity index (χ3n) is 5.13. The molecular formula is C23H20F3N5O. The van der Waals surface area contributed by atoms with Crippen molar-refractivity contribution >= 4 is 17.4 Å². The summed E-state index contributed by atoms with van der Waals surface area (Å²) in [6.07, 6.45) is -4.04. The van der Waals surface area contributed by atoms with Gasteiger partial charge in [-0.25, -0.2) is 4.98 Å². The minimum Gasteiger partial charge on any atom is -0.319 e. The molecule has 0 radical (unpaired) electrons. The zero-order chi connectivity index (χ0) is 23.0. The predicted octanol–water partition coefficient (Wildman–Crippen LogP) is 5.24. The first-order valence-electron chi connectivity index (χ1n) is 9.99. The predicted molar refractivity (Wildman–Crippen MR) is 114 cm³/mol. The van der Waals surface area contributed by atoms with Gasteiger partial charge in [-0.1, -0.05) is 55.0 Å². The molecule has 0 aliphatic heterocycles. The second-order valence-corrected chi connectivity index (χ2v) is 7.45. The number of carbonyl (C=O) groups is 1. The molecule has 0 fully saturated rings. The molecule has 4 aromatic rings. The molecule has 4 rings (SSSR count). The van der Waals surface area contributed by atoms with Gasteiger partial charge in [0.1, 0.15) is 0 Å². The summed E-state index contributed by atoms with van der Waals surface area (Å²) in [6.45, 7) is 5.66. The average Bonchev–Trinajstić information content (AvgIpc) is 3.18. The highest BCUT2D eigenvalue weighted by atomic mass is 19.4. The van der Waals surface area contributed by atoms with E-state index in [1.807, 2.05) is 39.0 Å². The molecule has 164 valence electrons. The molecule has 2 heterocycles. The molecule has 1 N–H and O–H groups in total. The van der Waals surface area contributed by atoms with Gasteiger partial charge in [-0.2, -0.15) is 22.7 Å². The van der Waals surface area contributed by atoms with E-state index in [1.54, 1.807) is 24.3 Å². The Bertz CT molecular complexity index is 1310. The number of alkyl halides is 3. The third kappa shape index (κ3) is 4.05. The largest absolute Gasteiger partial charge is 0.433 e. The maximum Gasteiger partial charge on any atom is 0.433 e. The Kier molecular flexibility index (Phi) is 5.41. The number of rotatable bonds is 4. The van der Waals surface area contributed by atoms with Crippen molar-refractivity contribution in [1.29, 1.82) is 0 Å². The van der Waals surface area contributed by atoms with Crippen molar-refractivity contribution in [2.45, 2.75) is 33.4 Å². The third-order valence-corrected chi connectivity index (χ3v) is 5.13. The fourth-order valence-corrected chi connectivity index (χ4v) is 3.41. The lowest BCUT2D eigenvalue weighted by atomic mass is 10.1. The summed E-state index contributed by atoms with van der Waals surface area (Å²) in [6, 6.07) is 13.4. The van der Waals surface area contributed by atoms with Crippen LogP contribution >= 0.6 is 0 Å². The summed E-state index contributed by atoms with van der Waals surface area (Å²) in [5.74, 6) is -1.40. The van der Waals surface area contributed by atoms with Crippen LogP contribution in [0.25, 0.3) is 17.0 Å². The number of anilines is 1. The number of fused-ring (bicyclic) bond motifs is 1. The van der Waals surface area contributed by atoms with Crippen molar-refractivity contribution in [3.63, 3.8) is 0 Å². The number of aryl methyl sites for hydroxylation is 3. The molecule has 9 heteroatoms. The smallest absolute Gasteiger partial charge is 0.319 e. The van der Waals surface area contributed by atoms with Gasteiger partial charge in [0.25, 0.3) is 11.7 Å². The first kappa shape index (κ1) is 21.5. The van der Waals surface area contributed by atoms with Gasteiger partial charge < -0.3 is 5.32 Å². The molecule has 0 saturated heterocycles. The Labute approximate surface area is 182 Å². The second kappa shape index (κ2) is 8.07. The number of carbonyl (C=O) groups excluding carboxylic acids is 1. The lowest BCUT2D eigenvalue weighted by Crippen LogP contribution is -2.17. The van der Waals surface area contributed by atoms with Gasteiger partial charge in [0.2, 0.25) is 5.82 Å². The summed E-state index contributed by atoms with van der Waals surface area (Å²) in [7, 11) is 0. The van der Waals surface area contributed by atoms with Gasteiger partial charge in [0, 0.05) is 11.3 Å². The van der Waals surface area contributed by atoms with Crippen molar-refractivity contribution in [3.05, 3.63) is 76.7 Å². The fraction of sp³-hybridized carbons (Fsp3) is 0.217. The normalized spacial score (nSPS) is 11.7. The van der Waals surface area contributed by atoms with Crippen molar-refractivity contribution in [2.75, 3.05) is 5.32 Å². The summed E-state index contributed by atoms with van der Waals surface area (Å²) in [5.41, 5.74) is 2.84. The molecule has 0 bridgehead atoms. The highest BCUT2D eigenvalue weighted by molar-refractivity contribution is 6.02. The van der Waals surface area contributed by atoms with Gasteiger partial charge in [-0.15, -0.1) is 5.10 Å². The molecule has 0 unspecified atom stereocenters. The maximum atomic E-state index is 13.8. The quantitative estimate of drug-likeness (QED) is 0.472. The molecule has 0 atom stereocenters. The van der Waals surface area contributed by atoms with E-state index >= 15 is 0 Å². The van der Waals surface area contributed by atoms with Crippen LogP contribution in [0.1, 0.15) is 39.9 Å². The Morgan fingerprint density at radius 2 is 1.78 bits per heavy atom. The van der Waals surface area contributed by atoms with Crippen molar-refractivity contribution in [2.24, 2.45) is 0 Å².